The van der Waals surface area contributed by atoms with E-state index in [9.17, 15) is 9.59 Å². The molecule has 0 saturated heterocycles. The van der Waals surface area contributed by atoms with Crippen molar-refractivity contribution in [1.29, 1.82) is 0 Å². The maximum absolute atomic E-state index is 12.7. The molecule has 0 aliphatic rings. The number of nitrogens with one attached hydrogen (secondary N) is 1. The molecule has 1 aromatic heterocycles. The van der Waals surface area contributed by atoms with Crippen LogP contribution in [-0.2, 0) is 16.1 Å². The van der Waals surface area contributed by atoms with Crippen molar-refractivity contribution in [2.24, 2.45) is 5.92 Å². The number of methoxy groups -OCH3 is 1. The average molecular weight is 363 g/mol. The van der Waals surface area contributed by atoms with Crippen molar-refractivity contribution in [2.45, 2.75) is 38.5 Å². The summed E-state index contributed by atoms with van der Waals surface area (Å²) in [5.41, 5.74) is 0.528. The number of amides is 1. The van der Waals surface area contributed by atoms with E-state index in [-0.39, 0.29) is 23.3 Å². The van der Waals surface area contributed by atoms with Gasteiger partial charge in [-0.15, -0.1) is 0 Å². The first-order valence-corrected chi connectivity index (χ1v) is 9.33. The van der Waals surface area contributed by atoms with Crippen molar-refractivity contribution >= 4 is 28.6 Å². The van der Waals surface area contributed by atoms with E-state index in [1.165, 1.54) is 11.8 Å². The monoisotopic (exact) mass is 363 g/mol. The van der Waals surface area contributed by atoms with Crippen LogP contribution in [0, 0.1) is 5.92 Å². The molecular weight excluding hydrogens is 338 g/mol. The van der Waals surface area contributed by atoms with Crippen LogP contribution in [0.4, 0.5) is 0 Å². The molecule has 1 amide bonds. The molecule has 0 aliphatic heterocycles. The van der Waals surface area contributed by atoms with Gasteiger partial charge in [-0.3, -0.25) is 14.2 Å². The minimum absolute atomic E-state index is 0.0631. The van der Waals surface area contributed by atoms with Crippen molar-refractivity contribution in [3.8, 4) is 0 Å². The van der Waals surface area contributed by atoms with Gasteiger partial charge in [-0.05, 0) is 25.0 Å². The lowest BCUT2D eigenvalue weighted by Crippen LogP contribution is -2.37. The number of para-hydroxylation sites is 1. The number of ether oxygens (including phenoxy) is 1. The number of hydrogen-bond donors (Lipinski definition) is 1. The quantitative estimate of drug-likeness (QED) is 0.575. The van der Waals surface area contributed by atoms with Crippen LogP contribution in [0.25, 0.3) is 10.9 Å². The third-order valence-electron chi connectivity index (χ3n) is 4.07. The van der Waals surface area contributed by atoms with E-state index in [1.54, 1.807) is 17.7 Å². The summed E-state index contributed by atoms with van der Waals surface area (Å²) in [6.45, 7) is 6.91. The summed E-state index contributed by atoms with van der Waals surface area (Å²) >= 11 is 1.27. The zero-order valence-electron chi connectivity index (χ0n) is 15.1. The highest BCUT2D eigenvalue weighted by molar-refractivity contribution is 7.99. The first-order valence-electron chi connectivity index (χ1n) is 8.34. The second kappa shape index (κ2) is 9.01. The second-order valence-electron chi connectivity index (χ2n) is 6.25. The minimum atomic E-state index is -0.110. The molecule has 6 nitrogen and oxygen atoms in total. The zero-order valence-corrected chi connectivity index (χ0v) is 15.9. The fraction of sp³-hybridized carbons (Fsp3) is 0.500. The van der Waals surface area contributed by atoms with E-state index in [4.69, 9.17) is 4.74 Å². The van der Waals surface area contributed by atoms with Crippen molar-refractivity contribution < 1.29 is 9.53 Å². The van der Waals surface area contributed by atoms with Crippen LogP contribution in [0.1, 0.15) is 20.8 Å². The largest absolute Gasteiger partial charge is 0.383 e. The van der Waals surface area contributed by atoms with Gasteiger partial charge in [0.2, 0.25) is 5.91 Å². The molecule has 136 valence electrons. The second-order valence-corrected chi connectivity index (χ2v) is 7.19. The van der Waals surface area contributed by atoms with Crippen molar-refractivity contribution in [1.82, 2.24) is 14.9 Å². The summed E-state index contributed by atoms with van der Waals surface area (Å²) in [7, 11) is 1.59. The number of hydrogen-bond acceptors (Lipinski definition) is 5. The first-order chi connectivity index (χ1) is 11.9. The molecule has 2 aromatic rings. The number of aromatic nitrogens is 2. The lowest BCUT2D eigenvalue weighted by Gasteiger charge is -2.17. The van der Waals surface area contributed by atoms with Crippen LogP contribution in [0.15, 0.2) is 34.2 Å². The average Bonchev–Trinajstić information content (AvgIpc) is 2.59. The molecule has 2 rings (SSSR count). The van der Waals surface area contributed by atoms with E-state index in [2.05, 4.69) is 24.1 Å². The van der Waals surface area contributed by atoms with Crippen molar-refractivity contribution in [3.05, 3.63) is 34.6 Å². The van der Waals surface area contributed by atoms with Crippen LogP contribution in [0.3, 0.4) is 0 Å². The number of rotatable bonds is 8. The van der Waals surface area contributed by atoms with Crippen molar-refractivity contribution in [3.63, 3.8) is 0 Å². The minimum Gasteiger partial charge on any atom is -0.383 e. The predicted molar refractivity (Wildman–Crippen MR) is 101 cm³/mol. The molecule has 1 heterocycles. The van der Waals surface area contributed by atoms with Gasteiger partial charge in [0.05, 0.1) is 29.8 Å². The Morgan fingerprint density at radius 1 is 1.32 bits per heavy atom. The van der Waals surface area contributed by atoms with Gasteiger partial charge in [0.25, 0.3) is 5.56 Å². The van der Waals surface area contributed by atoms with Gasteiger partial charge < -0.3 is 10.1 Å². The Labute approximate surface area is 152 Å². The number of nitrogens with zero attached hydrogens (tertiary/aromatic N) is 2. The Balaban J connectivity index is 2.23. The fourth-order valence-corrected chi connectivity index (χ4v) is 3.07. The fourth-order valence-electron chi connectivity index (χ4n) is 2.23. The highest BCUT2D eigenvalue weighted by Gasteiger charge is 2.15. The summed E-state index contributed by atoms with van der Waals surface area (Å²) in [6.07, 6.45) is 0. The van der Waals surface area contributed by atoms with Gasteiger partial charge in [0.1, 0.15) is 0 Å². The molecule has 0 saturated carbocycles. The lowest BCUT2D eigenvalue weighted by atomic mass is 10.1. The van der Waals surface area contributed by atoms with Gasteiger partial charge in [0, 0.05) is 13.2 Å². The van der Waals surface area contributed by atoms with E-state index in [1.807, 2.05) is 25.1 Å². The van der Waals surface area contributed by atoms with E-state index in [0.29, 0.717) is 35.1 Å². The molecule has 1 aromatic carbocycles. The predicted octanol–water partition coefficient (Wildman–Crippen LogP) is 2.30. The summed E-state index contributed by atoms with van der Waals surface area (Å²) in [6, 6.07) is 7.34. The number of fused-ring (bicyclic) bond motifs is 1. The SMILES string of the molecule is COCCn1c(SCC(=O)N[C@@H](C)C(C)C)nc2ccccc2c1=O. The molecule has 0 unspecified atom stereocenters. The van der Waals surface area contributed by atoms with Gasteiger partial charge in [-0.25, -0.2) is 4.98 Å². The van der Waals surface area contributed by atoms with Crippen LogP contribution >= 0.6 is 11.8 Å². The molecule has 0 spiro atoms. The van der Waals surface area contributed by atoms with E-state index in [0.717, 1.165) is 0 Å². The number of thioether (sulfide) groups is 1. The van der Waals surface area contributed by atoms with Gasteiger partial charge in [-0.2, -0.15) is 0 Å². The Bertz CT molecular complexity index is 789. The molecule has 0 radical (unpaired) electrons. The van der Waals surface area contributed by atoms with Crippen LogP contribution < -0.4 is 10.9 Å². The molecule has 25 heavy (non-hydrogen) atoms. The molecule has 7 heteroatoms. The zero-order chi connectivity index (χ0) is 18.4. The standard InChI is InChI=1S/C18H25N3O3S/c1-12(2)13(3)19-16(22)11-25-18-20-15-8-6-5-7-14(15)17(23)21(18)9-10-24-4/h5-8,12-13H,9-11H2,1-4H3,(H,19,22)/t13-/m0/s1. The molecule has 1 atom stereocenters. The lowest BCUT2D eigenvalue weighted by molar-refractivity contribution is -0.119. The smallest absolute Gasteiger partial charge is 0.262 e. The van der Waals surface area contributed by atoms with E-state index < -0.39 is 0 Å². The third kappa shape index (κ3) is 5.06. The Morgan fingerprint density at radius 2 is 2.04 bits per heavy atom. The van der Waals surface area contributed by atoms with Crippen LogP contribution in [-0.4, -0.2) is 41.0 Å². The Morgan fingerprint density at radius 3 is 2.72 bits per heavy atom. The van der Waals surface area contributed by atoms with Gasteiger partial charge in [0.15, 0.2) is 5.16 Å². The van der Waals surface area contributed by atoms with Crippen LogP contribution in [0.2, 0.25) is 0 Å². The molecule has 0 fully saturated rings. The maximum atomic E-state index is 12.7. The number of carbonyl (C=O) groups is 1. The third-order valence-corrected chi connectivity index (χ3v) is 5.04. The van der Waals surface area contributed by atoms with Crippen molar-refractivity contribution in [2.75, 3.05) is 19.5 Å². The maximum Gasteiger partial charge on any atom is 0.262 e. The summed E-state index contributed by atoms with van der Waals surface area (Å²) in [5, 5.41) is 4.07. The number of benzene rings is 1. The highest BCUT2D eigenvalue weighted by Crippen LogP contribution is 2.17. The van der Waals surface area contributed by atoms with E-state index >= 15 is 0 Å². The summed E-state index contributed by atoms with van der Waals surface area (Å²) in [4.78, 5) is 29.4. The molecular formula is C18H25N3O3S. The van der Waals surface area contributed by atoms with Crippen LogP contribution in [0.5, 0.6) is 0 Å². The number of carbonyl (C=O) groups excluding carboxylic acids is 1. The van der Waals surface area contributed by atoms with Gasteiger partial charge in [-0.1, -0.05) is 37.7 Å². The topological polar surface area (TPSA) is 73.2 Å². The normalized spacial score (nSPS) is 12.5. The first kappa shape index (κ1) is 19.5. The summed E-state index contributed by atoms with van der Waals surface area (Å²) < 4.78 is 6.68. The highest BCUT2D eigenvalue weighted by atomic mass is 32.2. The summed E-state index contributed by atoms with van der Waals surface area (Å²) in [5.74, 6) is 0.522. The molecule has 1 N–H and O–H groups in total. The Hall–Kier alpha value is -1.86. The molecule has 0 bridgehead atoms. The molecule has 0 aliphatic carbocycles. The Kier molecular flexibility index (Phi) is 7.01. The van der Waals surface area contributed by atoms with Gasteiger partial charge >= 0.3 is 0 Å².